The maximum atomic E-state index is 5.79. The summed E-state index contributed by atoms with van der Waals surface area (Å²) in [7, 11) is 0. The van der Waals surface area contributed by atoms with Crippen LogP contribution in [0.1, 0.15) is 5.56 Å². The van der Waals surface area contributed by atoms with Gasteiger partial charge in [0.25, 0.3) is 0 Å². The van der Waals surface area contributed by atoms with Crippen LogP contribution in [0, 0.1) is 6.92 Å². The van der Waals surface area contributed by atoms with E-state index in [4.69, 9.17) is 5.73 Å². The number of hydrogen-bond donors (Lipinski definition) is 1. The first kappa shape index (κ1) is 10.8. The summed E-state index contributed by atoms with van der Waals surface area (Å²) in [6.45, 7) is 2.10. The molecule has 0 aliphatic carbocycles. The fourth-order valence-corrected chi connectivity index (χ4v) is 2.19. The Hall–Kier alpha value is -2.28. The van der Waals surface area contributed by atoms with Crippen molar-refractivity contribution in [1.29, 1.82) is 0 Å². The van der Waals surface area contributed by atoms with E-state index >= 15 is 0 Å². The lowest BCUT2D eigenvalue weighted by Gasteiger charge is -2.05. The Morgan fingerprint density at radius 1 is 0.667 bits per heavy atom. The molecule has 0 fully saturated rings. The number of fused-ring (bicyclic) bond motifs is 1. The topological polar surface area (TPSA) is 26.0 Å². The van der Waals surface area contributed by atoms with Crippen LogP contribution in [0.4, 0.5) is 5.69 Å². The summed E-state index contributed by atoms with van der Waals surface area (Å²) >= 11 is 0. The first-order valence-electron chi connectivity index (χ1n) is 6.09. The predicted octanol–water partition coefficient (Wildman–Crippen LogP) is 4.40. The molecule has 3 aromatic rings. The van der Waals surface area contributed by atoms with Crippen LogP contribution in [0.5, 0.6) is 0 Å². The minimum Gasteiger partial charge on any atom is -0.399 e. The highest BCUT2D eigenvalue weighted by molar-refractivity contribution is 5.89. The van der Waals surface area contributed by atoms with Gasteiger partial charge < -0.3 is 5.73 Å². The molecule has 0 aromatic heterocycles. The van der Waals surface area contributed by atoms with Crippen molar-refractivity contribution in [2.24, 2.45) is 0 Å². The van der Waals surface area contributed by atoms with Crippen molar-refractivity contribution in [2.75, 3.05) is 5.73 Å². The Labute approximate surface area is 107 Å². The zero-order valence-electron chi connectivity index (χ0n) is 10.4. The lowest BCUT2D eigenvalue weighted by Crippen LogP contribution is -1.84. The molecule has 0 aliphatic rings. The molecule has 18 heavy (non-hydrogen) atoms. The molecule has 3 aromatic carbocycles. The van der Waals surface area contributed by atoms with Crippen molar-refractivity contribution < 1.29 is 0 Å². The van der Waals surface area contributed by atoms with E-state index in [1.165, 1.54) is 27.5 Å². The molecule has 1 heteroatoms. The minimum atomic E-state index is 0.811. The third kappa shape index (κ3) is 1.95. The largest absolute Gasteiger partial charge is 0.399 e. The molecule has 88 valence electrons. The molecule has 3 rings (SSSR count). The van der Waals surface area contributed by atoms with Crippen LogP contribution >= 0.6 is 0 Å². The van der Waals surface area contributed by atoms with Crippen LogP contribution in [0.3, 0.4) is 0 Å². The van der Waals surface area contributed by atoms with Crippen molar-refractivity contribution in [3.8, 4) is 11.1 Å². The number of nitrogen functional groups attached to an aromatic ring is 1. The average molecular weight is 233 g/mol. The van der Waals surface area contributed by atoms with Gasteiger partial charge >= 0.3 is 0 Å². The van der Waals surface area contributed by atoms with E-state index in [9.17, 15) is 0 Å². The Morgan fingerprint density at radius 3 is 2.06 bits per heavy atom. The summed E-state index contributed by atoms with van der Waals surface area (Å²) in [5.41, 5.74) is 10.4. The van der Waals surface area contributed by atoms with Gasteiger partial charge in [0.15, 0.2) is 0 Å². The number of benzene rings is 3. The minimum absolute atomic E-state index is 0.811. The van der Waals surface area contributed by atoms with Crippen molar-refractivity contribution in [1.82, 2.24) is 0 Å². The van der Waals surface area contributed by atoms with Gasteiger partial charge in [-0.25, -0.2) is 0 Å². The Kier molecular flexibility index (Phi) is 2.52. The number of anilines is 1. The molecule has 0 atom stereocenters. The molecule has 0 spiro atoms. The Morgan fingerprint density at radius 2 is 1.28 bits per heavy atom. The lowest BCUT2D eigenvalue weighted by atomic mass is 10.0. The molecule has 0 aliphatic heterocycles. The Bertz CT molecular complexity index is 696. The molecule has 1 nitrogen and oxygen atoms in total. The lowest BCUT2D eigenvalue weighted by molar-refractivity contribution is 1.47. The van der Waals surface area contributed by atoms with Gasteiger partial charge in [-0.3, -0.25) is 0 Å². The number of rotatable bonds is 1. The van der Waals surface area contributed by atoms with Gasteiger partial charge in [-0.05, 0) is 47.0 Å². The highest BCUT2D eigenvalue weighted by atomic mass is 14.5. The molecule has 0 amide bonds. The summed E-state index contributed by atoms with van der Waals surface area (Å²) < 4.78 is 0. The Balaban J connectivity index is 2.13. The summed E-state index contributed by atoms with van der Waals surface area (Å²) in [5, 5.41) is 2.41. The third-order valence-corrected chi connectivity index (χ3v) is 3.25. The second-order valence-corrected chi connectivity index (χ2v) is 4.69. The van der Waals surface area contributed by atoms with Crippen LogP contribution in [0.2, 0.25) is 0 Å². The molecule has 0 saturated carbocycles. The normalized spacial score (nSPS) is 10.7. The third-order valence-electron chi connectivity index (χ3n) is 3.25. The highest BCUT2D eigenvalue weighted by Crippen LogP contribution is 2.25. The van der Waals surface area contributed by atoms with E-state index in [1.807, 2.05) is 12.1 Å². The van der Waals surface area contributed by atoms with E-state index in [1.54, 1.807) is 0 Å². The first-order valence-corrected chi connectivity index (χ1v) is 6.09. The van der Waals surface area contributed by atoms with Crippen LogP contribution < -0.4 is 5.73 Å². The van der Waals surface area contributed by atoms with Crippen molar-refractivity contribution in [3.05, 3.63) is 66.2 Å². The van der Waals surface area contributed by atoms with E-state index in [0.717, 1.165) is 5.69 Å². The molecule has 0 bridgehead atoms. The van der Waals surface area contributed by atoms with Gasteiger partial charge in [0.1, 0.15) is 0 Å². The monoisotopic (exact) mass is 233 g/mol. The van der Waals surface area contributed by atoms with Crippen molar-refractivity contribution in [3.63, 3.8) is 0 Å². The molecule has 2 N–H and O–H groups in total. The molecule has 0 radical (unpaired) electrons. The number of hydrogen-bond acceptors (Lipinski definition) is 1. The van der Waals surface area contributed by atoms with Crippen LogP contribution in [-0.2, 0) is 0 Å². The molecular weight excluding hydrogens is 218 g/mol. The second kappa shape index (κ2) is 4.19. The molecule has 0 saturated heterocycles. The molecule has 0 heterocycles. The maximum absolute atomic E-state index is 5.79. The van der Waals surface area contributed by atoms with Gasteiger partial charge in [-0.1, -0.05) is 48.0 Å². The summed E-state index contributed by atoms with van der Waals surface area (Å²) in [4.78, 5) is 0. The zero-order chi connectivity index (χ0) is 12.5. The number of nitrogens with two attached hydrogens (primary N) is 1. The van der Waals surface area contributed by atoms with Gasteiger partial charge in [0, 0.05) is 5.69 Å². The smallest absolute Gasteiger partial charge is 0.0320 e. The van der Waals surface area contributed by atoms with Crippen LogP contribution in [0.15, 0.2) is 60.7 Å². The van der Waals surface area contributed by atoms with E-state index in [2.05, 4.69) is 55.5 Å². The van der Waals surface area contributed by atoms with Crippen molar-refractivity contribution in [2.45, 2.75) is 6.92 Å². The predicted molar refractivity (Wildman–Crippen MR) is 78.5 cm³/mol. The van der Waals surface area contributed by atoms with Gasteiger partial charge in [0.05, 0.1) is 0 Å². The highest BCUT2D eigenvalue weighted by Gasteiger charge is 2.00. The first-order chi connectivity index (χ1) is 8.72. The van der Waals surface area contributed by atoms with Crippen LogP contribution in [0.25, 0.3) is 21.9 Å². The average Bonchev–Trinajstić information content (AvgIpc) is 2.39. The second-order valence-electron chi connectivity index (χ2n) is 4.69. The maximum Gasteiger partial charge on any atom is 0.0320 e. The van der Waals surface area contributed by atoms with Crippen LogP contribution in [-0.4, -0.2) is 0 Å². The van der Waals surface area contributed by atoms with Gasteiger partial charge in [-0.2, -0.15) is 0 Å². The summed E-state index contributed by atoms with van der Waals surface area (Å²) in [6.07, 6.45) is 0. The van der Waals surface area contributed by atoms with Gasteiger partial charge in [0.2, 0.25) is 0 Å². The van der Waals surface area contributed by atoms with Gasteiger partial charge in [-0.15, -0.1) is 0 Å². The fraction of sp³-hybridized carbons (Fsp3) is 0.0588. The fourth-order valence-electron chi connectivity index (χ4n) is 2.19. The zero-order valence-corrected chi connectivity index (χ0v) is 10.4. The number of aryl methyl sites for hydroxylation is 1. The standard InChI is InChI=1S/C17H15N/c1-12-2-4-13(5-3-12)14-6-7-16-11-17(18)9-8-15(16)10-14/h2-11H,18H2,1H3. The molecule has 0 unspecified atom stereocenters. The van der Waals surface area contributed by atoms with E-state index in [0.29, 0.717) is 0 Å². The van der Waals surface area contributed by atoms with Crippen molar-refractivity contribution >= 4 is 16.5 Å². The quantitative estimate of drug-likeness (QED) is 0.619. The van der Waals surface area contributed by atoms with E-state index in [-0.39, 0.29) is 0 Å². The summed E-state index contributed by atoms with van der Waals surface area (Å²) in [6, 6.07) is 21.1. The SMILES string of the molecule is Cc1ccc(-c2ccc3cc(N)ccc3c2)cc1. The molecular formula is C17H15N. The summed E-state index contributed by atoms with van der Waals surface area (Å²) in [5.74, 6) is 0. The van der Waals surface area contributed by atoms with E-state index < -0.39 is 0 Å².